The van der Waals surface area contributed by atoms with E-state index in [-0.39, 0.29) is 12.3 Å². The zero-order valence-electron chi connectivity index (χ0n) is 12.5. The van der Waals surface area contributed by atoms with E-state index in [4.69, 9.17) is 10.6 Å². The number of amides is 2. The van der Waals surface area contributed by atoms with Crippen LogP contribution in [0, 0.1) is 0 Å². The number of carbonyl (C=O) groups excluding carboxylic acids is 3. The van der Waals surface area contributed by atoms with Crippen LogP contribution in [0.3, 0.4) is 0 Å². The van der Waals surface area contributed by atoms with Gasteiger partial charge in [-0.3, -0.25) is 19.9 Å². The third-order valence-corrected chi connectivity index (χ3v) is 3.04. The number of ether oxygens (including phenoxy) is 1. The fourth-order valence-electron chi connectivity index (χ4n) is 1.86. The van der Waals surface area contributed by atoms with Crippen molar-refractivity contribution in [3.8, 4) is 0 Å². The molecule has 0 aromatic heterocycles. The SMILES string of the molecule is CN1C(=O)CC(C)(N(N)C=O)NC1C(=O)OC(C)(C)C. The highest BCUT2D eigenvalue weighted by atomic mass is 16.6. The quantitative estimate of drug-likeness (QED) is 0.230. The number of hydrogen-bond donors (Lipinski definition) is 2. The number of nitrogens with one attached hydrogen (secondary N) is 1. The van der Waals surface area contributed by atoms with Gasteiger partial charge in [-0.05, 0) is 27.7 Å². The minimum absolute atomic E-state index is 0.0297. The molecular weight excluding hydrogens is 264 g/mol. The molecule has 2 unspecified atom stereocenters. The Labute approximate surface area is 118 Å². The first kappa shape index (κ1) is 16.4. The number of hydrazine groups is 1. The van der Waals surface area contributed by atoms with E-state index in [1.807, 2.05) is 0 Å². The van der Waals surface area contributed by atoms with Crippen LogP contribution in [0.25, 0.3) is 0 Å². The van der Waals surface area contributed by atoms with E-state index in [1.165, 1.54) is 11.9 Å². The molecule has 2 amide bonds. The molecule has 2 atom stereocenters. The second-order valence-electron chi connectivity index (χ2n) is 6.05. The maximum absolute atomic E-state index is 12.1. The molecule has 20 heavy (non-hydrogen) atoms. The van der Waals surface area contributed by atoms with Crippen molar-refractivity contribution in [3.05, 3.63) is 0 Å². The largest absolute Gasteiger partial charge is 0.457 e. The van der Waals surface area contributed by atoms with E-state index in [2.05, 4.69) is 5.32 Å². The summed E-state index contributed by atoms with van der Waals surface area (Å²) >= 11 is 0. The van der Waals surface area contributed by atoms with Gasteiger partial charge < -0.3 is 9.64 Å². The van der Waals surface area contributed by atoms with Gasteiger partial charge in [-0.1, -0.05) is 0 Å². The molecule has 1 aliphatic heterocycles. The Morgan fingerprint density at radius 2 is 2.15 bits per heavy atom. The van der Waals surface area contributed by atoms with Crippen molar-refractivity contribution in [2.24, 2.45) is 5.84 Å². The molecule has 1 saturated heterocycles. The van der Waals surface area contributed by atoms with Gasteiger partial charge in [-0.2, -0.15) is 0 Å². The van der Waals surface area contributed by atoms with Crippen molar-refractivity contribution >= 4 is 18.3 Å². The topological polar surface area (TPSA) is 105 Å². The Kier molecular flexibility index (Phi) is 4.40. The van der Waals surface area contributed by atoms with E-state index in [0.29, 0.717) is 6.41 Å². The maximum Gasteiger partial charge on any atom is 0.344 e. The molecule has 1 rings (SSSR count). The van der Waals surface area contributed by atoms with Crippen molar-refractivity contribution in [1.82, 2.24) is 15.2 Å². The lowest BCUT2D eigenvalue weighted by atomic mass is 10.0. The number of esters is 1. The van der Waals surface area contributed by atoms with Crippen LogP contribution >= 0.6 is 0 Å². The zero-order chi connectivity index (χ0) is 15.7. The predicted octanol–water partition coefficient (Wildman–Crippen LogP) is -0.846. The van der Waals surface area contributed by atoms with Crippen molar-refractivity contribution in [2.45, 2.75) is 51.5 Å². The van der Waals surface area contributed by atoms with E-state index >= 15 is 0 Å². The second-order valence-corrected chi connectivity index (χ2v) is 6.05. The highest BCUT2D eigenvalue weighted by Crippen LogP contribution is 2.22. The molecule has 0 saturated carbocycles. The van der Waals surface area contributed by atoms with Gasteiger partial charge in [0.2, 0.25) is 12.3 Å². The summed E-state index contributed by atoms with van der Waals surface area (Å²) in [5.41, 5.74) is -1.81. The number of nitrogens with zero attached hydrogens (tertiary/aromatic N) is 2. The van der Waals surface area contributed by atoms with E-state index in [0.717, 1.165) is 5.01 Å². The summed E-state index contributed by atoms with van der Waals surface area (Å²) in [5, 5.41) is 3.73. The summed E-state index contributed by atoms with van der Waals surface area (Å²) in [5.74, 6) is 4.65. The van der Waals surface area contributed by atoms with Crippen LogP contribution in [0.1, 0.15) is 34.1 Å². The Morgan fingerprint density at radius 1 is 1.60 bits per heavy atom. The Balaban J connectivity index is 2.97. The highest BCUT2D eigenvalue weighted by Gasteiger charge is 2.45. The average molecular weight is 286 g/mol. The van der Waals surface area contributed by atoms with Crippen molar-refractivity contribution in [3.63, 3.8) is 0 Å². The van der Waals surface area contributed by atoms with Gasteiger partial charge in [0.15, 0.2) is 6.17 Å². The average Bonchev–Trinajstić information content (AvgIpc) is 2.30. The summed E-state index contributed by atoms with van der Waals surface area (Å²) in [7, 11) is 1.49. The Bertz CT molecular complexity index is 420. The standard InChI is InChI=1S/C12H22N4O4/c1-11(2,3)20-10(19)9-14-12(4,16(13)7-17)6-8(18)15(9)5/h7,9,14H,6,13H2,1-5H3. The molecule has 0 aliphatic carbocycles. The smallest absolute Gasteiger partial charge is 0.344 e. The van der Waals surface area contributed by atoms with Gasteiger partial charge in [0.05, 0.1) is 6.42 Å². The van der Waals surface area contributed by atoms with Gasteiger partial charge in [-0.25, -0.2) is 10.6 Å². The number of rotatable bonds is 3. The predicted molar refractivity (Wildman–Crippen MR) is 70.7 cm³/mol. The van der Waals surface area contributed by atoms with Crippen LogP contribution in [0.15, 0.2) is 0 Å². The second kappa shape index (κ2) is 5.37. The summed E-state index contributed by atoms with van der Waals surface area (Å²) in [6.07, 6.45) is -0.623. The zero-order valence-corrected chi connectivity index (χ0v) is 12.5. The minimum atomic E-state index is -1.13. The van der Waals surface area contributed by atoms with Crippen molar-refractivity contribution < 1.29 is 19.1 Å². The fraction of sp³-hybridized carbons (Fsp3) is 0.750. The number of carbonyl (C=O) groups is 3. The molecule has 114 valence electrons. The van der Waals surface area contributed by atoms with Crippen LogP contribution in [0.2, 0.25) is 0 Å². The Morgan fingerprint density at radius 3 is 2.60 bits per heavy atom. The Hall–Kier alpha value is -1.67. The lowest BCUT2D eigenvalue weighted by molar-refractivity contribution is -0.174. The van der Waals surface area contributed by atoms with Crippen LogP contribution < -0.4 is 11.2 Å². The lowest BCUT2D eigenvalue weighted by Crippen LogP contribution is -2.72. The third kappa shape index (κ3) is 3.45. The van der Waals surface area contributed by atoms with Gasteiger partial charge in [0.1, 0.15) is 11.3 Å². The number of likely N-dealkylation sites (N-methyl/N-ethyl adjacent to an activating group) is 1. The monoisotopic (exact) mass is 286 g/mol. The molecule has 1 heterocycles. The molecule has 0 aromatic rings. The molecule has 8 heteroatoms. The van der Waals surface area contributed by atoms with Crippen LogP contribution in [-0.4, -0.2) is 52.7 Å². The van der Waals surface area contributed by atoms with E-state index < -0.39 is 23.4 Å². The molecule has 0 bridgehead atoms. The maximum atomic E-state index is 12.1. The van der Waals surface area contributed by atoms with E-state index in [1.54, 1.807) is 27.7 Å². The van der Waals surface area contributed by atoms with Gasteiger partial charge in [0, 0.05) is 7.05 Å². The van der Waals surface area contributed by atoms with Gasteiger partial charge >= 0.3 is 5.97 Å². The molecule has 3 N–H and O–H groups in total. The first-order chi connectivity index (χ1) is 9.00. The third-order valence-electron chi connectivity index (χ3n) is 3.04. The molecule has 8 nitrogen and oxygen atoms in total. The van der Waals surface area contributed by atoms with Crippen molar-refractivity contribution in [1.29, 1.82) is 0 Å². The summed E-state index contributed by atoms with van der Waals surface area (Å²) in [6, 6.07) is 0. The number of hydrogen-bond acceptors (Lipinski definition) is 6. The number of nitrogens with two attached hydrogens (primary N) is 1. The summed E-state index contributed by atoms with van der Waals surface area (Å²) < 4.78 is 5.26. The minimum Gasteiger partial charge on any atom is -0.457 e. The molecule has 0 spiro atoms. The normalized spacial score (nSPS) is 27.2. The highest BCUT2D eigenvalue weighted by molar-refractivity contribution is 5.86. The molecule has 0 radical (unpaired) electrons. The van der Waals surface area contributed by atoms with Crippen LogP contribution in [0.4, 0.5) is 0 Å². The van der Waals surface area contributed by atoms with E-state index in [9.17, 15) is 14.4 Å². The summed E-state index contributed by atoms with van der Waals surface area (Å²) in [6.45, 7) is 6.77. The molecular formula is C12H22N4O4. The lowest BCUT2D eigenvalue weighted by Gasteiger charge is -2.46. The van der Waals surface area contributed by atoms with Crippen LogP contribution in [-0.2, 0) is 19.1 Å². The first-order valence-corrected chi connectivity index (χ1v) is 6.26. The molecule has 0 aromatic carbocycles. The molecule has 1 aliphatic rings. The fourth-order valence-corrected chi connectivity index (χ4v) is 1.86. The van der Waals surface area contributed by atoms with Crippen LogP contribution in [0.5, 0.6) is 0 Å². The summed E-state index contributed by atoms with van der Waals surface area (Å²) in [4.78, 5) is 36.2. The first-order valence-electron chi connectivity index (χ1n) is 6.26. The van der Waals surface area contributed by atoms with Crippen molar-refractivity contribution in [2.75, 3.05) is 7.05 Å². The van der Waals surface area contributed by atoms with Gasteiger partial charge in [0.25, 0.3) is 0 Å². The van der Waals surface area contributed by atoms with Gasteiger partial charge in [-0.15, -0.1) is 0 Å². The molecule has 1 fully saturated rings.